The number of nitrogens with zero attached hydrogens (tertiary/aromatic N) is 2. The summed E-state index contributed by atoms with van der Waals surface area (Å²) in [5.41, 5.74) is 0.109. The van der Waals surface area contributed by atoms with Gasteiger partial charge in [-0.25, -0.2) is 9.97 Å². The molecule has 2 heterocycles. The molecule has 0 amide bonds. The van der Waals surface area contributed by atoms with Crippen molar-refractivity contribution >= 4 is 22.7 Å². The highest BCUT2D eigenvalue weighted by Crippen LogP contribution is 2.35. The minimum Gasteiger partial charge on any atom is -0.312 e. The fraction of sp³-hybridized carbons (Fsp3) is 0.500. The Bertz CT molecular complexity index is 575. The quantitative estimate of drug-likeness (QED) is 0.914. The Morgan fingerprint density at radius 2 is 2.00 bits per heavy atom. The van der Waals surface area contributed by atoms with Crippen LogP contribution in [0.4, 0.5) is 13.2 Å². The highest BCUT2D eigenvalue weighted by molar-refractivity contribution is 7.12. The van der Waals surface area contributed by atoms with Crippen molar-refractivity contribution in [1.82, 2.24) is 15.3 Å². The predicted molar refractivity (Wildman–Crippen MR) is 74.2 cm³/mol. The van der Waals surface area contributed by atoms with Crippen molar-refractivity contribution < 1.29 is 13.2 Å². The zero-order valence-electron chi connectivity index (χ0n) is 11.0. The van der Waals surface area contributed by atoms with E-state index in [4.69, 9.17) is 0 Å². The van der Waals surface area contributed by atoms with Crippen molar-refractivity contribution in [3.8, 4) is 0 Å². The predicted octanol–water partition coefficient (Wildman–Crippen LogP) is 3.63. The van der Waals surface area contributed by atoms with Gasteiger partial charge in [0.25, 0.3) is 0 Å². The van der Waals surface area contributed by atoms with Crippen LogP contribution in [0, 0.1) is 6.92 Å². The number of rotatable bonds is 5. The molecule has 0 aliphatic rings. The van der Waals surface area contributed by atoms with Crippen LogP contribution in [0.2, 0.25) is 0 Å². The van der Waals surface area contributed by atoms with Gasteiger partial charge >= 0.3 is 6.18 Å². The van der Waals surface area contributed by atoms with Gasteiger partial charge in [0.2, 0.25) is 0 Å². The van der Waals surface area contributed by atoms with Crippen LogP contribution in [0.5, 0.6) is 0 Å². The lowest BCUT2D eigenvalue weighted by Gasteiger charge is -2.05. The Labute approximate surface area is 122 Å². The van der Waals surface area contributed by atoms with Gasteiger partial charge in [0.05, 0.1) is 16.3 Å². The van der Waals surface area contributed by atoms with Gasteiger partial charge in [-0.2, -0.15) is 13.2 Å². The van der Waals surface area contributed by atoms with E-state index in [0.29, 0.717) is 18.0 Å². The van der Waals surface area contributed by atoms with Gasteiger partial charge in [0.15, 0.2) is 5.69 Å². The highest BCUT2D eigenvalue weighted by Gasteiger charge is 2.37. The summed E-state index contributed by atoms with van der Waals surface area (Å²) in [6.07, 6.45) is -4.04. The van der Waals surface area contributed by atoms with Gasteiger partial charge in [-0.05, 0) is 13.5 Å². The van der Waals surface area contributed by atoms with Gasteiger partial charge in [0, 0.05) is 17.6 Å². The first-order chi connectivity index (χ1) is 9.40. The van der Waals surface area contributed by atoms with Crippen LogP contribution in [0.25, 0.3) is 0 Å². The summed E-state index contributed by atoms with van der Waals surface area (Å²) in [5, 5.41) is 6.05. The summed E-state index contributed by atoms with van der Waals surface area (Å²) in [6, 6.07) is 0. The molecule has 3 nitrogen and oxygen atoms in total. The minimum atomic E-state index is -4.40. The monoisotopic (exact) mass is 321 g/mol. The standard InChI is InChI=1S/C12H14F3N3S2/c1-3-16-5-8-11(12(13,14)15)18-10(20-8)4-9-17-7(2)6-19-9/h6,16H,3-5H2,1-2H3. The van der Waals surface area contributed by atoms with Crippen LogP contribution in [-0.4, -0.2) is 16.5 Å². The third kappa shape index (κ3) is 3.77. The molecule has 0 fully saturated rings. The van der Waals surface area contributed by atoms with E-state index >= 15 is 0 Å². The van der Waals surface area contributed by atoms with Crippen LogP contribution < -0.4 is 5.32 Å². The smallest absolute Gasteiger partial charge is 0.312 e. The zero-order valence-corrected chi connectivity index (χ0v) is 12.7. The molecule has 0 unspecified atom stereocenters. The number of nitrogens with one attached hydrogen (secondary N) is 1. The first-order valence-corrected chi connectivity index (χ1v) is 7.77. The molecule has 110 valence electrons. The Balaban J connectivity index is 2.23. The van der Waals surface area contributed by atoms with Crippen LogP contribution in [0.15, 0.2) is 5.38 Å². The maximum atomic E-state index is 12.9. The van der Waals surface area contributed by atoms with Gasteiger partial charge in [-0.3, -0.25) is 0 Å². The molecule has 0 spiro atoms. The summed E-state index contributed by atoms with van der Waals surface area (Å²) >= 11 is 2.55. The van der Waals surface area contributed by atoms with Gasteiger partial charge in [0.1, 0.15) is 5.01 Å². The van der Waals surface area contributed by atoms with E-state index in [-0.39, 0.29) is 11.4 Å². The number of aromatic nitrogens is 2. The molecule has 0 atom stereocenters. The van der Waals surface area contributed by atoms with E-state index in [9.17, 15) is 13.2 Å². The van der Waals surface area contributed by atoms with Gasteiger partial charge < -0.3 is 5.32 Å². The maximum absolute atomic E-state index is 12.9. The first kappa shape index (κ1) is 15.4. The third-order valence-corrected chi connectivity index (χ3v) is 4.54. The minimum absolute atomic E-state index is 0.194. The molecule has 0 aliphatic heterocycles. The molecule has 2 aromatic rings. The molecular weight excluding hydrogens is 307 g/mol. The van der Waals surface area contributed by atoms with Gasteiger partial charge in [-0.15, -0.1) is 22.7 Å². The number of hydrogen-bond donors (Lipinski definition) is 1. The van der Waals surface area contributed by atoms with Crippen LogP contribution in [-0.2, 0) is 19.1 Å². The molecule has 2 aromatic heterocycles. The number of halogens is 3. The van der Waals surface area contributed by atoms with Crippen molar-refractivity contribution in [3.05, 3.63) is 31.7 Å². The average molecular weight is 321 g/mol. The Morgan fingerprint density at radius 1 is 1.25 bits per heavy atom. The molecule has 0 aliphatic carbocycles. The fourth-order valence-corrected chi connectivity index (χ4v) is 3.60. The Morgan fingerprint density at radius 3 is 2.55 bits per heavy atom. The molecule has 2 rings (SSSR count). The lowest BCUT2D eigenvalue weighted by atomic mass is 10.3. The Hall–Kier alpha value is -0.990. The molecule has 1 N–H and O–H groups in total. The van der Waals surface area contributed by atoms with E-state index in [1.54, 1.807) is 0 Å². The largest absolute Gasteiger partial charge is 0.434 e. The fourth-order valence-electron chi connectivity index (χ4n) is 1.67. The average Bonchev–Trinajstić information content (AvgIpc) is 2.93. The molecule has 0 radical (unpaired) electrons. The second-order valence-electron chi connectivity index (χ2n) is 4.22. The van der Waals surface area contributed by atoms with Crippen LogP contribution in [0.1, 0.15) is 33.2 Å². The maximum Gasteiger partial charge on any atom is 0.434 e. The van der Waals surface area contributed by atoms with Crippen molar-refractivity contribution in [2.75, 3.05) is 6.54 Å². The molecule has 0 saturated carbocycles. The summed E-state index contributed by atoms with van der Waals surface area (Å²) in [6.45, 7) is 4.53. The van der Waals surface area contributed by atoms with E-state index in [0.717, 1.165) is 22.0 Å². The lowest BCUT2D eigenvalue weighted by molar-refractivity contribution is -0.141. The molecule has 0 aromatic carbocycles. The number of aryl methyl sites for hydroxylation is 1. The summed E-state index contributed by atoms with van der Waals surface area (Å²) in [7, 11) is 0. The van der Waals surface area contributed by atoms with Crippen LogP contribution in [0.3, 0.4) is 0 Å². The number of alkyl halides is 3. The van der Waals surface area contributed by atoms with Crippen molar-refractivity contribution in [1.29, 1.82) is 0 Å². The molecular formula is C12H14F3N3S2. The Kier molecular flexibility index (Phi) is 4.77. The topological polar surface area (TPSA) is 37.8 Å². The van der Waals surface area contributed by atoms with Crippen molar-refractivity contribution in [2.45, 2.75) is 33.0 Å². The molecule has 20 heavy (non-hydrogen) atoms. The molecule has 8 heteroatoms. The lowest BCUT2D eigenvalue weighted by Crippen LogP contribution is -2.15. The summed E-state index contributed by atoms with van der Waals surface area (Å²) in [4.78, 5) is 8.26. The van der Waals surface area contributed by atoms with Crippen LogP contribution >= 0.6 is 22.7 Å². The van der Waals surface area contributed by atoms with E-state index in [1.807, 2.05) is 19.2 Å². The number of thiazole rings is 2. The van der Waals surface area contributed by atoms with E-state index < -0.39 is 11.9 Å². The second-order valence-corrected chi connectivity index (χ2v) is 6.33. The molecule has 0 saturated heterocycles. The van der Waals surface area contributed by atoms with E-state index in [2.05, 4.69) is 15.3 Å². The summed E-state index contributed by atoms with van der Waals surface area (Å²) in [5.74, 6) is 0. The van der Waals surface area contributed by atoms with Gasteiger partial charge in [-0.1, -0.05) is 6.92 Å². The van der Waals surface area contributed by atoms with Crippen molar-refractivity contribution in [3.63, 3.8) is 0 Å². The number of hydrogen-bond acceptors (Lipinski definition) is 5. The van der Waals surface area contributed by atoms with E-state index in [1.165, 1.54) is 11.3 Å². The second kappa shape index (κ2) is 6.19. The highest BCUT2D eigenvalue weighted by atomic mass is 32.1. The third-order valence-electron chi connectivity index (χ3n) is 2.51. The SMILES string of the molecule is CCNCc1sc(Cc2nc(C)cs2)nc1C(F)(F)F. The molecule has 0 bridgehead atoms. The van der Waals surface area contributed by atoms with Crippen molar-refractivity contribution in [2.24, 2.45) is 0 Å². The zero-order chi connectivity index (χ0) is 14.8. The summed E-state index contributed by atoms with van der Waals surface area (Å²) < 4.78 is 38.8. The first-order valence-electron chi connectivity index (χ1n) is 6.07. The normalized spacial score (nSPS) is 12.1.